The third kappa shape index (κ3) is 1.98. The van der Waals surface area contributed by atoms with Crippen LogP contribution in [0.4, 0.5) is 8.78 Å². The highest BCUT2D eigenvalue weighted by Gasteiger charge is 2.12. The molecule has 1 aromatic heterocycles. The average molecular weight is 290 g/mol. The van der Waals surface area contributed by atoms with E-state index in [4.69, 9.17) is 0 Å². The molecular weight excluding hydrogens is 282 g/mol. The lowest BCUT2D eigenvalue weighted by Crippen LogP contribution is -2.21. The van der Waals surface area contributed by atoms with Crippen LogP contribution in [0.15, 0.2) is 52.4 Å². The first-order chi connectivity index (χ1) is 9.58. The van der Waals surface area contributed by atoms with Crippen LogP contribution in [-0.4, -0.2) is 9.55 Å². The second kappa shape index (κ2) is 4.72. The van der Waals surface area contributed by atoms with Crippen LogP contribution < -0.4 is 5.56 Å². The van der Waals surface area contributed by atoms with Gasteiger partial charge in [-0.05, 0) is 24.3 Å². The molecular formula is C14H8F2N2OS. The highest BCUT2D eigenvalue weighted by atomic mass is 32.1. The zero-order valence-corrected chi connectivity index (χ0v) is 10.9. The van der Waals surface area contributed by atoms with Crippen LogP contribution in [-0.2, 0) is 0 Å². The molecule has 0 fully saturated rings. The van der Waals surface area contributed by atoms with Crippen molar-refractivity contribution in [3.63, 3.8) is 0 Å². The first kappa shape index (κ1) is 12.8. The molecule has 0 bridgehead atoms. The van der Waals surface area contributed by atoms with E-state index >= 15 is 0 Å². The van der Waals surface area contributed by atoms with Gasteiger partial charge in [-0.2, -0.15) is 0 Å². The summed E-state index contributed by atoms with van der Waals surface area (Å²) < 4.78 is 27.4. The smallest absolute Gasteiger partial charge is 0.266 e. The Kier molecular flexibility index (Phi) is 3.02. The van der Waals surface area contributed by atoms with Crippen LogP contribution in [0.25, 0.3) is 16.6 Å². The molecule has 3 nitrogen and oxygen atoms in total. The van der Waals surface area contributed by atoms with Crippen molar-refractivity contribution in [3.05, 3.63) is 64.5 Å². The summed E-state index contributed by atoms with van der Waals surface area (Å²) in [6, 6.07) is 9.96. The molecule has 2 aromatic carbocycles. The van der Waals surface area contributed by atoms with Gasteiger partial charge in [-0.15, -0.1) is 12.6 Å². The van der Waals surface area contributed by atoms with Crippen molar-refractivity contribution < 1.29 is 8.78 Å². The fourth-order valence-electron chi connectivity index (χ4n) is 1.98. The number of benzene rings is 2. The number of fused-ring (bicyclic) bond motifs is 1. The number of para-hydroxylation sites is 1. The number of rotatable bonds is 1. The summed E-state index contributed by atoms with van der Waals surface area (Å²) in [5.74, 6) is -2.01. The number of thiol groups is 1. The molecule has 20 heavy (non-hydrogen) atoms. The summed E-state index contributed by atoms with van der Waals surface area (Å²) in [5, 5.41) is 0.495. The number of hydrogen-bond acceptors (Lipinski definition) is 3. The molecule has 3 aromatic rings. The first-order valence-corrected chi connectivity index (χ1v) is 6.19. The maximum atomic E-state index is 13.3. The van der Waals surface area contributed by atoms with Crippen molar-refractivity contribution in [2.75, 3.05) is 0 Å². The van der Waals surface area contributed by atoms with Crippen molar-refractivity contribution in [1.29, 1.82) is 0 Å². The van der Waals surface area contributed by atoms with E-state index in [-0.39, 0.29) is 16.4 Å². The molecule has 0 aliphatic heterocycles. The normalized spacial score (nSPS) is 10.9. The molecule has 0 spiro atoms. The fourth-order valence-corrected chi connectivity index (χ4v) is 2.29. The number of hydrogen-bond donors (Lipinski definition) is 1. The van der Waals surface area contributed by atoms with Gasteiger partial charge in [0.25, 0.3) is 5.56 Å². The molecule has 3 rings (SSSR count). The molecule has 0 saturated heterocycles. The van der Waals surface area contributed by atoms with Crippen LogP contribution in [0.2, 0.25) is 0 Å². The monoisotopic (exact) mass is 290 g/mol. The molecule has 0 aliphatic rings. The van der Waals surface area contributed by atoms with Gasteiger partial charge < -0.3 is 0 Å². The summed E-state index contributed by atoms with van der Waals surface area (Å²) in [5.41, 5.74) is 0.296. The van der Waals surface area contributed by atoms with Crippen molar-refractivity contribution in [2.45, 2.75) is 5.16 Å². The van der Waals surface area contributed by atoms with Gasteiger partial charge in [-0.25, -0.2) is 13.8 Å². The minimum Gasteiger partial charge on any atom is -0.268 e. The van der Waals surface area contributed by atoms with Gasteiger partial charge >= 0.3 is 0 Å². The van der Waals surface area contributed by atoms with Gasteiger partial charge in [0.15, 0.2) is 16.8 Å². The standard InChI is InChI=1S/C14H8F2N2OS/c15-10-6-5-8(7-11(10)16)18-13(19)9-3-1-2-4-12(9)17-14(18)20/h1-7H,(H,17,20). The Morgan fingerprint density at radius 2 is 1.80 bits per heavy atom. The zero-order valence-electron chi connectivity index (χ0n) is 10.0. The van der Waals surface area contributed by atoms with Crippen molar-refractivity contribution >= 4 is 23.5 Å². The second-order valence-corrected chi connectivity index (χ2v) is 4.57. The summed E-state index contributed by atoms with van der Waals surface area (Å²) in [4.78, 5) is 16.6. The highest BCUT2D eigenvalue weighted by molar-refractivity contribution is 7.80. The van der Waals surface area contributed by atoms with Crippen LogP contribution in [0, 0.1) is 11.6 Å². The van der Waals surface area contributed by atoms with E-state index in [0.29, 0.717) is 10.9 Å². The van der Waals surface area contributed by atoms with Crippen molar-refractivity contribution in [2.24, 2.45) is 0 Å². The van der Waals surface area contributed by atoms with E-state index < -0.39 is 11.6 Å². The molecule has 0 saturated carbocycles. The number of nitrogens with zero attached hydrogens (tertiary/aromatic N) is 2. The lowest BCUT2D eigenvalue weighted by atomic mass is 10.2. The van der Waals surface area contributed by atoms with E-state index in [9.17, 15) is 13.6 Å². The largest absolute Gasteiger partial charge is 0.268 e. The van der Waals surface area contributed by atoms with E-state index in [1.165, 1.54) is 6.07 Å². The molecule has 0 radical (unpaired) electrons. The zero-order chi connectivity index (χ0) is 14.3. The van der Waals surface area contributed by atoms with E-state index in [1.54, 1.807) is 24.3 Å². The Morgan fingerprint density at radius 3 is 2.55 bits per heavy atom. The average Bonchev–Trinajstić information content (AvgIpc) is 2.43. The molecule has 0 atom stereocenters. The Labute approximate surface area is 117 Å². The van der Waals surface area contributed by atoms with E-state index in [2.05, 4.69) is 17.6 Å². The van der Waals surface area contributed by atoms with Crippen LogP contribution in [0.5, 0.6) is 0 Å². The van der Waals surface area contributed by atoms with Gasteiger partial charge in [0.05, 0.1) is 16.6 Å². The number of halogens is 2. The van der Waals surface area contributed by atoms with Gasteiger partial charge in [0.2, 0.25) is 0 Å². The molecule has 0 N–H and O–H groups in total. The topological polar surface area (TPSA) is 34.9 Å². The third-order valence-corrected chi connectivity index (χ3v) is 3.22. The minimum atomic E-state index is -1.03. The maximum Gasteiger partial charge on any atom is 0.266 e. The van der Waals surface area contributed by atoms with Gasteiger partial charge in [0, 0.05) is 6.07 Å². The number of aromatic nitrogens is 2. The van der Waals surface area contributed by atoms with Gasteiger partial charge in [-0.1, -0.05) is 12.1 Å². The first-order valence-electron chi connectivity index (χ1n) is 5.74. The van der Waals surface area contributed by atoms with Gasteiger partial charge in [0.1, 0.15) is 0 Å². The summed E-state index contributed by atoms with van der Waals surface area (Å²) in [6.45, 7) is 0. The molecule has 100 valence electrons. The fraction of sp³-hybridized carbons (Fsp3) is 0. The predicted molar refractivity (Wildman–Crippen MR) is 74.5 cm³/mol. The Morgan fingerprint density at radius 1 is 1.05 bits per heavy atom. The Hall–Kier alpha value is -2.21. The minimum absolute atomic E-state index is 0.111. The molecule has 6 heteroatoms. The van der Waals surface area contributed by atoms with Crippen LogP contribution in [0.3, 0.4) is 0 Å². The second-order valence-electron chi connectivity index (χ2n) is 4.17. The molecule has 1 heterocycles. The van der Waals surface area contributed by atoms with Crippen molar-refractivity contribution in [1.82, 2.24) is 9.55 Å². The maximum absolute atomic E-state index is 13.3. The predicted octanol–water partition coefficient (Wildman–Crippen LogP) is 2.95. The molecule has 0 aliphatic carbocycles. The van der Waals surface area contributed by atoms with E-state index in [0.717, 1.165) is 16.7 Å². The summed E-state index contributed by atoms with van der Waals surface area (Å²) in [6.07, 6.45) is 0. The third-order valence-electron chi connectivity index (χ3n) is 2.92. The Balaban J connectivity index is 2.36. The summed E-state index contributed by atoms with van der Waals surface area (Å²) in [7, 11) is 0. The molecule has 0 amide bonds. The van der Waals surface area contributed by atoms with Crippen LogP contribution >= 0.6 is 12.6 Å². The lowest BCUT2D eigenvalue weighted by molar-refractivity contribution is 0.507. The van der Waals surface area contributed by atoms with Crippen molar-refractivity contribution in [3.8, 4) is 5.69 Å². The quantitative estimate of drug-likeness (QED) is 0.552. The van der Waals surface area contributed by atoms with E-state index in [1.807, 2.05) is 0 Å². The SMILES string of the molecule is O=c1c2ccccc2nc(S)n1-c1ccc(F)c(F)c1. The molecule has 0 unspecified atom stereocenters. The highest BCUT2D eigenvalue weighted by Crippen LogP contribution is 2.17. The lowest BCUT2D eigenvalue weighted by Gasteiger charge is -2.10. The van der Waals surface area contributed by atoms with Gasteiger partial charge in [-0.3, -0.25) is 9.36 Å². The summed E-state index contributed by atoms with van der Waals surface area (Å²) >= 11 is 4.15. The van der Waals surface area contributed by atoms with Crippen LogP contribution in [0.1, 0.15) is 0 Å². The Bertz CT molecular complexity index is 877.